The van der Waals surface area contributed by atoms with Crippen LogP contribution in [-0.4, -0.2) is 74.1 Å². The fraction of sp³-hybridized carbons (Fsp3) is 0.522. The van der Waals surface area contributed by atoms with Gasteiger partial charge in [-0.05, 0) is 51.0 Å². The normalized spacial score (nSPS) is 19.7. The average molecular weight is 490 g/mol. The highest BCUT2D eigenvalue weighted by Crippen LogP contribution is 2.31. The topological polar surface area (TPSA) is 114 Å². The molecule has 10 nitrogen and oxygen atoms in total. The molecule has 0 radical (unpaired) electrons. The predicted octanol–water partition coefficient (Wildman–Crippen LogP) is 2.14. The number of benzene rings is 1. The van der Waals surface area contributed by atoms with Crippen molar-refractivity contribution in [1.29, 1.82) is 0 Å². The van der Waals surface area contributed by atoms with E-state index < -0.39 is 10.0 Å². The van der Waals surface area contributed by atoms with Gasteiger partial charge < -0.3 is 19.7 Å². The highest BCUT2D eigenvalue weighted by atomic mass is 32.2. The van der Waals surface area contributed by atoms with Crippen molar-refractivity contribution in [1.82, 2.24) is 14.3 Å². The van der Waals surface area contributed by atoms with Crippen LogP contribution < -0.4 is 15.0 Å². The van der Waals surface area contributed by atoms with Crippen LogP contribution in [0, 0.1) is 5.92 Å². The van der Waals surface area contributed by atoms with Crippen LogP contribution in [0.3, 0.4) is 0 Å². The summed E-state index contributed by atoms with van der Waals surface area (Å²) in [5.41, 5.74) is 0.348. The van der Waals surface area contributed by atoms with Crippen molar-refractivity contribution in [3.05, 3.63) is 36.7 Å². The molecule has 1 amide bonds. The van der Waals surface area contributed by atoms with Crippen molar-refractivity contribution in [2.45, 2.75) is 37.7 Å². The summed E-state index contributed by atoms with van der Waals surface area (Å²) in [7, 11) is -3.71. The van der Waals surface area contributed by atoms with Crippen LogP contribution in [0.15, 0.2) is 41.6 Å². The lowest BCUT2D eigenvalue weighted by molar-refractivity contribution is -0.120. The van der Waals surface area contributed by atoms with E-state index in [4.69, 9.17) is 9.47 Å². The molecule has 0 bridgehead atoms. The number of hydrogen-bond acceptors (Lipinski definition) is 8. The van der Waals surface area contributed by atoms with Crippen molar-refractivity contribution in [2.75, 3.05) is 49.6 Å². The Hall–Kier alpha value is -2.76. The van der Waals surface area contributed by atoms with E-state index in [0.717, 1.165) is 19.4 Å². The third-order valence-corrected chi connectivity index (χ3v) is 7.70. The van der Waals surface area contributed by atoms with Gasteiger partial charge in [0.2, 0.25) is 21.9 Å². The number of morpholine rings is 1. The van der Waals surface area contributed by atoms with Gasteiger partial charge in [-0.3, -0.25) is 4.79 Å². The number of hydrogen-bond donors (Lipinski definition) is 1. The maximum atomic E-state index is 13.2. The highest BCUT2D eigenvalue weighted by Gasteiger charge is 2.30. The summed E-state index contributed by atoms with van der Waals surface area (Å²) in [6, 6.07) is 6.37. The van der Waals surface area contributed by atoms with Crippen LogP contribution in [0.5, 0.6) is 5.75 Å². The van der Waals surface area contributed by atoms with Gasteiger partial charge in [-0.2, -0.15) is 4.31 Å². The van der Waals surface area contributed by atoms with Crippen LogP contribution in [0.4, 0.5) is 11.6 Å². The fourth-order valence-electron chi connectivity index (χ4n) is 4.12. The van der Waals surface area contributed by atoms with Crippen LogP contribution in [0.2, 0.25) is 0 Å². The van der Waals surface area contributed by atoms with Gasteiger partial charge in [-0.1, -0.05) is 0 Å². The van der Waals surface area contributed by atoms with Crippen molar-refractivity contribution in [2.24, 2.45) is 5.92 Å². The van der Waals surface area contributed by atoms with Gasteiger partial charge in [0.05, 0.1) is 35.8 Å². The number of amides is 1. The number of piperidine rings is 1. The van der Waals surface area contributed by atoms with E-state index in [0.29, 0.717) is 50.2 Å². The maximum absolute atomic E-state index is 13.2. The van der Waals surface area contributed by atoms with Gasteiger partial charge in [0.25, 0.3) is 0 Å². The molecule has 1 atom stereocenters. The molecule has 2 fully saturated rings. The molecule has 2 aromatic rings. The number of sulfonamides is 1. The molecule has 184 valence electrons. The van der Waals surface area contributed by atoms with Gasteiger partial charge in [0, 0.05) is 38.6 Å². The van der Waals surface area contributed by atoms with Crippen LogP contribution in [0.1, 0.15) is 26.7 Å². The summed E-state index contributed by atoms with van der Waals surface area (Å²) in [4.78, 5) is 23.9. The van der Waals surface area contributed by atoms with Crippen LogP contribution >= 0.6 is 0 Å². The Bertz CT molecular complexity index is 1090. The lowest BCUT2D eigenvalue weighted by Crippen LogP contribution is -2.41. The molecule has 2 aliphatic heterocycles. The molecule has 3 heterocycles. The minimum absolute atomic E-state index is 0.115. The number of ether oxygens (including phenoxy) is 2. The number of carbonyl (C=O) groups excluding carboxylic acids is 1. The van der Waals surface area contributed by atoms with Gasteiger partial charge in [0.1, 0.15) is 5.75 Å². The summed E-state index contributed by atoms with van der Waals surface area (Å²) < 4.78 is 38.9. The number of nitrogens with one attached hydrogen (secondary N) is 1. The summed E-state index contributed by atoms with van der Waals surface area (Å²) in [5, 5.41) is 2.93. The van der Waals surface area contributed by atoms with Crippen molar-refractivity contribution < 1.29 is 22.7 Å². The second-order valence-electron chi connectivity index (χ2n) is 8.66. The predicted molar refractivity (Wildman–Crippen MR) is 127 cm³/mol. The summed E-state index contributed by atoms with van der Waals surface area (Å²) in [5.74, 6) is 0.560. The Kier molecular flexibility index (Phi) is 7.64. The zero-order valence-electron chi connectivity index (χ0n) is 19.5. The molecular formula is C23H31N5O5S. The molecule has 0 spiro atoms. The molecule has 0 saturated carbocycles. The first-order valence-electron chi connectivity index (χ1n) is 11.6. The van der Waals surface area contributed by atoms with E-state index in [1.807, 2.05) is 18.7 Å². The lowest BCUT2D eigenvalue weighted by atomic mass is 9.97. The van der Waals surface area contributed by atoms with Crippen molar-refractivity contribution in [3.8, 4) is 5.75 Å². The Balaban J connectivity index is 1.55. The van der Waals surface area contributed by atoms with E-state index in [1.54, 1.807) is 24.5 Å². The molecule has 1 aromatic heterocycles. The zero-order valence-corrected chi connectivity index (χ0v) is 20.3. The van der Waals surface area contributed by atoms with Gasteiger partial charge in [-0.25, -0.2) is 18.4 Å². The number of carbonyl (C=O) groups is 1. The second-order valence-corrected chi connectivity index (χ2v) is 10.6. The van der Waals surface area contributed by atoms with Crippen LogP contribution in [0.25, 0.3) is 0 Å². The molecular weight excluding hydrogens is 458 g/mol. The minimum atomic E-state index is -3.71. The van der Waals surface area contributed by atoms with Crippen molar-refractivity contribution >= 4 is 27.6 Å². The average Bonchev–Trinajstić information content (AvgIpc) is 2.86. The summed E-state index contributed by atoms with van der Waals surface area (Å²) in [6.45, 7) is 6.35. The molecule has 1 N–H and O–H groups in total. The number of rotatable bonds is 7. The number of nitrogens with zero attached hydrogens (tertiary/aromatic N) is 4. The highest BCUT2D eigenvalue weighted by molar-refractivity contribution is 7.89. The SMILES string of the molecule is CC(C)Oc1ccc(S(=O)(=O)N2CCOCC2)cc1NC(=O)[C@H]1CCCN(c2ncccn2)C1. The van der Waals surface area contributed by atoms with E-state index >= 15 is 0 Å². The molecule has 0 unspecified atom stereocenters. The zero-order chi connectivity index (χ0) is 24.1. The third-order valence-electron chi connectivity index (χ3n) is 5.81. The Morgan fingerprint density at radius 1 is 1.18 bits per heavy atom. The third kappa shape index (κ3) is 5.65. The molecule has 2 aliphatic rings. The van der Waals surface area contributed by atoms with Crippen LogP contribution in [-0.2, 0) is 19.6 Å². The van der Waals surface area contributed by atoms with E-state index in [2.05, 4.69) is 15.3 Å². The quantitative estimate of drug-likeness (QED) is 0.629. The summed E-state index contributed by atoms with van der Waals surface area (Å²) in [6.07, 6.45) is 4.78. The first-order valence-corrected chi connectivity index (χ1v) is 13.0. The Labute approximate surface area is 200 Å². The van der Waals surface area contributed by atoms with Gasteiger partial charge in [-0.15, -0.1) is 0 Å². The van der Waals surface area contributed by atoms with E-state index in [-0.39, 0.29) is 22.8 Å². The largest absolute Gasteiger partial charge is 0.489 e. The summed E-state index contributed by atoms with van der Waals surface area (Å²) >= 11 is 0. The Morgan fingerprint density at radius 3 is 2.62 bits per heavy atom. The second kappa shape index (κ2) is 10.7. The number of anilines is 2. The van der Waals surface area contributed by atoms with Crippen molar-refractivity contribution in [3.63, 3.8) is 0 Å². The standard InChI is InChI=1S/C23H31N5O5S/c1-17(2)33-21-7-6-19(34(30,31)28-11-13-32-14-12-28)15-20(21)26-22(29)18-5-3-10-27(16-18)23-24-8-4-9-25-23/h4,6-9,15,17-18H,3,5,10-14,16H2,1-2H3,(H,26,29)/t18-/m0/s1. The molecule has 4 rings (SSSR count). The van der Waals surface area contributed by atoms with E-state index in [1.165, 1.54) is 16.4 Å². The first kappa shape index (κ1) is 24.4. The lowest BCUT2D eigenvalue weighted by Gasteiger charge is -2.32. The molecule has 11 heteroatoms. The van der Waals surface area contributed by atoms with Gasteiger partial charge >= 0.3 is 0 Å². The molecule has 2 saturated heterocycles. The Morgan fingerprint density at radius 2 is 1.91 bits per heavy atom. The van der Waals surface area contributed by atoms with E-state index in [9.17, 15) is 13.2 Å². The molecule has 0 aliphatic carbocycles. The molecule has 1 aromatic carbocycles. The monoisotopic (exact) mass is 489 g/mol. The smallest absolute Gasteiger partial charge is 0.243 e. The number of aromatic nitrogens is 2. The minimum Gasteiger partial charge on any atom is -0.489 e. The maximum Gasteiger partial charge on any atom is 0.243 e. The molecule has 34 heavy (non-hydrogen) atoms. The fourth-order valence-corrected chi connectivity index (χ4v) is 5.56. The first-order chi connectivity index (χ1) is 16.3. The van der Waals surface area contributed by atoms with Gasteiger partial charge in [0.15, 0.2) is 0 Å².